The Kier molecular flexibility index (Phi) is 4.34. The fraction of sp³-hybridized carbons (Fsp3) is 0.250. The van der Waals surface area contributed by atoms with Crippen LogP contribution in [0.3, 0.4) is 0 Å². The van der Waals surface area contributed by atoms with Crippen molar-refractivity contribution in [3.8, 4) is 0 Å². The van der Waals surface area contributed by atoms with Gasteiger partial charge in [0.1, 0.15) is 0 Å². The summed E-state index contributed by atoms with van der Waals surface area (Å²) in [4.78, 5) is 5.59. The van der Waals surface area contributed by atoms with Crippen LogP contribution >= 0.6 is 23.5 Å². The van der Waals surface area contributed by atoms with Crippen molar-refractivity contribution in [3.05, 3.63) is 94.5 Å². The molecule has 2 aliphatic heterocycles. The minimum Gasteiger partial charge on any atom is -0.264 e. The first-order chi connectivity index (χ1) is 13.1. The molecule has 3 atom stereocenters. The fourth-order valence-corrected chi connectivity index (χ4v) is 7.29. The summed E-state index contributed by atoms with van der Waals surface area (Å²) in [7, 11) is 0. The first-order valence-corrected chi connectivity index (χ1v) is 11.2. The summed E-state index contributed by atoms with van der Waals surface area (Å²) in [5.74, 6) is 0. The van der Waals surface area contributed by atoms with Crippen LogP contribution in [-0.4, -0.2) is 4.90 Å². The summed E-state index contributed by atoms with van der Waals surface area (Å²) in [6.45, 7) is 6.76. The normalized spacial score (nSPS) is 22.0. The van der Waals surface area contributed by atoms with Crippen LogP contribution in [0.4, 0.5) is 0 Å². The minimum atomic E-state index is 0.358. The molecule has 0 fully saturated rings. The third-order valence-corrected chi connectivity index (χ3v) is 8.30. The quantitative estimate of drug-likeness (QED) is 0.453. The van der Waals surface area contributed by atoms with Crippen LogP contribution in [-0.2, 0) is 0 Å². The van der Waals surface area contributed by atoms with Crippen LogP contribution in [0.25, 0.3) is 0 Å². The van der Waals surface area contributed by atoms with Gasteiger partial charge in [0.2, 0.25) is 0 Å². The van der Waals surface area contributed by atoms with E-state index < -0.39 is 0 Å². The van der Waals surface area contributed by atoms with Crippen molar-refractivity contribution in [2.24, 2.45) is 0 Å². The molecular formula is C24H23NS2. The Balaban J connectivity index is 1.67. The largest absolute Gasteiger partial charge is 0.264 e. The topological polar surface area (TPSA) is 3.24 Å². The van der Waals surface area contributed by atoms with E-state index in [-0.39, 0.29) is 0 Å². The fourth-order valence-electron chi connectivity index (χ4n) is 4.18. The van der Waals surface area contributed by atoms with Crippen molar-refractivity contribution in [2.75, 3.05) is 0 Å². The molecule has 0 amide bonds. The third-order valence-electron chi connectivity index (χ3n) is 5.61. The second-order valence-corrected chi connectivity index (χ2v) is 9.80. The molecule has 0 aliphatic carbocycles. The Hall–Kier alpha value is -1.68. The summed E-state index contributed by atoms with van der Waals surface area (Å²) in [5, 5.41) is 0.716. The molecule has 136 valence electrons. The Labute approximate surface area is 170 Å². The molecule has 5 rings (SSSR count). The van der Waals surface area contributed by atoms with Crippen molar-refractivity contribution in [1.82, 2.24) is 4.90 Å². The smallest absolute Gasteiger partial charge is 0.0888 e. The lowest BCUT2D eigenvalue weighted by molar-refractivity contribution is 0.167. The summed E-state index contributed by atoms with van der Waals surface area (Å²) in [5.41, 5.74) is 7.01. The Morgan fingerprint density at radius 1 is 0.741 bits per heavy atom. The molecule has 0 radical (unpaired) electrons. The SMILES string of the molecule is Cc1ccc2c(c1)[C@H]1Sc3ccc(C)cc3[C@@H](S2)N1C(C)c1ccccc1. The van der Waals surface area contributed by atoms with Crippen LogP contribution in [0.5, 0.6) is 0 Å². The van der Waals surface area contributed by atoms with Crippen molar-refractivity contribution in [2.45, 2.75) is 47.4 Å². The molecule has 3 aromatic carbocycles. The molecule has 1 nitrogen and oxygen atoms in total. The molecule has 0 saturated carbocycles. The number of nitrogens with zero attached hydrogens (tertiary/aromatic N) is 1. The first-order valence-electron chi connectivity index (χ1n) is 9.48. The van der Waals surface area contributed by atoms with Crippen molar-refractivity contribution in [3.63, 3.8) is 0 Å². The Morgan fingerprint density at radius 2 is 1.26 bits per heavy atom. The van der Waals surface area contributed by atoms with Crippen LogP contribution in [0.1, 0.15) is 51.5 Å². The molecule has 3 aromatic rings. The molecule has 0 saturated heterocycles. The van der Waals surface area contributed by atoms with Gasteiger partial charge in [0.25, 0.3) is 0 Å². The predicted molar refractivity (Wildman–Crippen MR) is 116 cm³/mol. The van der Waals surface area contributed by atoms with E-state index in [4.69, 9.17) is 0 Å². The molecular weight excluding hydrogens is 366 g/mol. The maximum atomic E-state index is 2.72. The van der Waals surface area contributed by atoms with Crippen LogP contribution in [0.15, 0.2) is 76.5 Å². The van der Waals surface area contributed by atoms with Gasteiger partial charge in [-0.2, -0.15) is 0 Å². The standard InChI is InChI=1S/C24H23NS2/c1-15-9-11-21-19(13-15)23-25(17(3)18-7-5-4-6-8-18)24(26-21)20-14-16(2)10-12-22(20)27-23/h4-14,17,23-24H,1-3H3/t17?,23-,24-/m1/s1. The van der Waals surface area contributed by atoms with Gasteiger partial charge < -0.3 is 0 Å². The number of thioether (sulfide) groups is 2. The highest BCUT2D eigenvalue weighted by Gasteiger charge is 2.43. The van der Waals surface area contributed by atoms with E-state index in [0.717, 1.165) is 0 Å². The number of aryl methyl sites for hydroxylation is 2. The highest BCUT2D eigenvalue weighted by Crippen LogP contribution is 2.62. The summed E-state index contributed by atoms with van der Waals surface area (Å²) in [6.07, 6.45) is 0. The van der Waals surface area contributed by atoms with Gasteiger partial charge in [-0.25, -0.2) is 0 Å². The van der Waals surface area contributed by atoms with Gasteiger partial charge >= 0.3 is 0 Å². The first kappa shape index (κ1) is 17.4. The molecule has 0 aromatic heterocycles. The average molecular weight is 390 g/mol. The van der Waals surface area contributed by atoms with Crippen molar-refractivity contribution in [1.29, 1.82) is 0 Å². The molecule has 27 heavy (non-hydrogen) atoms. The molecule has 2 heterocycles. The summed E-state index contributed by atoms with van der Waals surface area (Å²) in [6, 6.07) is 25.2. The van der Waals surface area contributed by atoms with Gasteiger partial charge in [0, 0.05) is 15.8 Å². The molecule has 0 spiro atoms. The van der Waals surface area contributed by atoms with Gasteiger partial charge in [-0.05, 0) is 49.6 Å². The van der Waals surface area contributed by atoms with Gasteiger partial charge in [-0.3, -0.25) is 4.90 Å². The van der Waals surface area contributed by atoms with E-state index in [0.29, 0.717) is 16.8 Å². The van der Waals surface area contributed by atoms with E-state index in [1.165, 1.54) is 37.6 Å². The molecule has 2 bridgehead atoms. The van der Waals surface area contributed by atoms with Crippen molar-refractivity contribution < 1.29 is 0 Å². The number of benzene rings is 3. The van der Waals surface area contributed by atoms with Gasteiger partial charge in [-0.1, -0.05) is 65.7 Å². The lowest BCUT2D eigenvalue weighted by Gasteiger charge is -2.49. The summed E-state index contributed by atoms with van der Waals surface area (Å²) < 4.78 is 0. The lowest BCUT2D eigenvalue weighted by atomic mass is 10.0. The zero-order valence-electron chi connectivity index (χ0n) is 15.8. The predicted octanol–water partition coefficient (Wildman–Crippen LogP) is 7.28. The monoisotopic (exact) mass is 389 g/mol. The highest BCUT2D eigenvalue weighted by atomic mass is 32.2. The maximum Gasteiger partial charge on any atom is 0.0888 e. The minimum absolute atomic E-state index is 0.358. The zero-order chi connectivity index (χ0) is 18.5. The average Bonchev–Trinajstić information content (AvgIpc) is 2.69. The third kappa shape index (κ3) is 2.93. The van der Waals surface area contributed by atoms with Gasteiger partial charge in [0.05, 0.1) is 10.7 Å². The van der Waals surface area contributed by atoms with Gasteiger partial charge in [0.15, 0.2) is 0 Å². The van der Waals surface area contributed by atoms with E-state index in [1.807, 2.05) is 23.5 Å². The van der Waals surface area contributed by atoms with E-state index in [9.17, 15) is 0 Å². The molecule has 0 N–H and O–H groups in total. The van der Waals surface area contributed by atoms with Gasteiger partial charge in [-0.15, -0.1) is 23.5 Å². The van der Waals surface area contributed by atoms with E-state index >= 15 is 0 Å². The number of hydrogen-bond donors (Lipinski definition) is 0. The molecule has 2 aliphatic rings. The maximum absolute atomic E-state index is 2.72. The van der Waals surface area contributed by atoms with Crippen LogP contribution in [0, 0.1) is 13.8 Å². The number of rotatable bonds is 2. The second-order valence-electron chi connectivity index (χ2n) is 7.56. The van der Waals surface area contributed by atoms with E-state index in [1.54, 1.807) is 0 Å². The highest BCUT2D eigenvalue weighted by molar-refractivity contribution is 8.01. The van der Waals surface area contributed by atoms with E-state index in [2.05, 4.69) is 92.4 Å². The lowest BCUT2D eigenvalue weighted by Crippen LogP contribution is -2.38. The zero-order valence-corrected chi connectivity index (χ0v) is 17.5. The Bertz CT molecular complexity index is 939. The number of hydrogen-bond acceptors (Lipinski definition) is 3. The summed E-state index contributed by atoms with van der Waals surface area (Å²) >= 11 is 4.03. The number of fused-ring (bicyclic) bond motifs is 6. The van der Waals surface area contributed by atoms with Crippen molar-refractivity contribution >= 4 is 23.5 Å². The Morgan fingerprint density at radius 3 is 1.78 bits per heavy atom. The van der Waals surface area contributed by atoms with Crippen LogP contribution < -0.4 is 0 Å². The van der Waals surface area contributed by atoms with Crippen LogP contribution in [0.2, 0.25) is 0 Å². The molecule has 1 unspecified atom stereocenters. The molecule has 3 heteroatoms. The second kappa shape index (κ2) is 6.73.